The van der Waals surface area contributed by atoms with Gasteiger partial charge in [0.25, 0.3) is 5.91 Å². The molecule has 1 aliphatic heterocycles. The number of aromatic amines is 1. The fourth-order valence-corrected chi connectivity index (χ4v) is 3.36. The number of aryl methyl sites for hydroxylation is 2. The van der Waals surface area contributed by atoms with Gasteiger partial charge in [-0.05, 0) is 50.8 Å². The van der Waals surface area contributed by atoms with E-state index >= 15 is 0 Å². The number of anilines is 1. The number of amides is 1. The number of nitrogens with zero attached hydrogens (tertiary/aromatic N) is 1. The average molecular weight is 326 g/mol. The SMILES string of the molecule is CCOC(=O)c1[nH]c(C)c(C(=O)N2CCCc3ccccc32)c1C. The van der Waals surface area contributed by atoms with Gasteiger partial charge >= 0.3 is 5.97 Å². The average Bonchev–Trinajstić information content (AvgIpc) is 2.88. The molecule has 24 heavy (non-hydrogen) atoms. The standard InChI is InChI=1S/C19H22N2O3/c1-4-24-19(23)17-12(2)16(13(3)20-17)18(22)21-11-7-9-14-8-5-6-10-15(14)21/h5-6,8,10,20H,4,7,9,11H2,1-3H3. The summed E-state index contributed by atoms with van der Waals surface area (Å²) in [5.41, 5.74) is 4.43. The van der Waals surface area contributed by atoms with Gasteiger partial charge in [-0.1, -0.05) is 18.2 Å². The highest BCUT2D eigenvalue weighted by atomic mass is 16.5. The van der Waals surface area contributed by atoms with E-state index in [0.29, 0.717) is 35.7 Å². The molecule has 1 aliphatic rings. The Labute approximate surface area is 141 Å². The molecule has 2 aromatic rings. The van der Waals surface area contributed by atoms with Crippen molar-refractivity contribution in [2.75, 3.05) is 18.1 Å². The van der Waals surface area contributed by atoms with Crippen LogP contribution in [0.2, 0.25) is 0 Å². The number of para-hydroxylation sites is 1. The van der Waals surface area contributed by atoms with E-state index in [0.717, 1.165) is 18.5 Å². The summed E-state index contributed by atoms with van der Waals surface area (Å²) in [5.74, 6) is -0.486. The van der Waals surface area contributed by atoms with Crippen LogP contribution in [0.3, 0.4) is 0 Å². The second-order valence-corrected chi connectivity index (χ2v) is 6.03. The molecule has 0 bridgehead atoms. The molecule has 1 aromatic heterocycles. The van der Waals surface area contributed by atoms with Gasteiger partial charge in [0, 0.05) is 17.9 Å². The number of hydrogen-bond acceptors (Lipinski definition) is 3. The molecule has 3 rings (SSSR count). The first kappa shape index (κ1) is 16.3. The van der Waals surface area contributed by atoms with Crippen molar-refractivity contribution in [3.8, 4) is 0 Å². The summed E-state index contributed by atoms with van der Waals surface area (Å²) in [7, 11) is 0. The first-order valence-corrected chi connectivity index (χ1v) is 8.30. The molecule has 5 nitrogen and oxygen atoms in total. The van der Waals surface area contributed by atoms with Crippen LogP contribution in [0.1, 0.15) is 51.0 Å². The zero-order valence-corrected chi connectivity index (χ0v) is 14.3. The number of carbonyl (C=O) groups is 2. The lowest BCUT2D eigenvalue weighted by molar-refractivity contribution is 0.0519. The molecule has 2 heterocycles. The Kier molecular flexibility index (Phi) is 4.42. The monoisotopic (exact) mass is 326 g/mol. The highest BCUT2D eigenvalue weighted by molar-refractivity contribution is 6.10. The Bertz CT molecular complexity index is 792. The molecule has 1 aromatic carbocycles. The maximum atomic E-state index is 13.2. The predicted molar refractivity (Wildman–Crippen MR) is 92.7 cm³/mol. The third-order valence-corrected chi connectivity index (χ3v) is 4.49. The minimum atomic E-state index is -0.420. The number of esters is 1. The van der Waals surface area contributed by atoms with E-state index < -0.39 is 5.97 Å². The second-order valence-electron chi connectivity index (χ2n) is 6.03. The van der Waals surface area contributed by atoms with Gasteiger partial charge in [0.05, 0.1) is 12.2 Å². The minimum Gasteiger partial charge on any atom is -0.461 e. The summed E-state index contributed by atoms with van der Waals surface area (Å²) in [6, 6.07) is 8.00. The molecular weight excluding hydrogens is 304 g/mol. The lowest BCUT2D eigenvalue weighted by Gasteiger charge is -2.29. The largest absolute Gasteiger partial charge is 0.461 e. The molecule has 0 saturated carbocycles. The third kappa shape index (κ3) is 2.70. The van der Waals surface area contributed by atoms with Crippen LogP contribution in [0, 0.1) is 13.8 Å². The van der Waals surface area contributed by atoms with E-state index in [1.807, 2.05) is 30.0 Å². The normalized spacial score (nSPS) is 13.5. The van der Waals surface area contributed by atoms with Crippen molar-refractivity contribution in [1.29, 1.82) is 0 Å². The van der Waals surface area contributed by atoms with Crippen LogP contribution in [0.25, 0.3) is 0 Å². The Morgan fingerprint density at radius 1 is 1.25 bits per heavy atom. The van der Waals surface area contributed by atoms with Gasteiger partial charge in [0.15, 0.2) is 0 Å². The number of fused-ring (bicyclic) bond motifs is 1. The van der Waals surface area contributed by atoms with Crippen molar-refractivity contribution in [3.05, 3.63) is 52.3 Å². The fraction of sp³-hybridized carbons (Fsp3) is 0.368. The third-order valence-electron chi connectivity index (χ3n) is 4.49. The van der Waals surface area contributed by atoms with Gasteiger partial charge in [0.2, 0.25) is 0 Å². The maximum Gasteiger partial charge on any atom is 0.355 e. The van der Waals surface area contributed by atoms with E-state index in [1.165, 1.54) is 5.56 Å². The second kappa shape index (κ2) is 6.51. The molecule has 126 valence electrons. The molecule has 5 heteroatoms. The molecule has 0 radical (unpaired) electrons. The van der Waals surface area contributed by atoms with Gasteiger partial charge in [-0.15, -0.1) is 0 Å². The van der Waals surface area contributed by atoms with Gasteiger partial charge in [-0.25, -0.2) is 4.79 Å². The molecule has 0 fully saturated rings. The van der Waals surface area contributed by atoms with E-state index in [9.17, 15) is 9.59 Å². The van der Waals surface area contributed by atoms with E-state index in [2.05, 4.69) is 11.1 Å². The Hall–Kier alpha value is -2.56. The maximum absolute atomic E-state index is 13.2. The lowest BCUT2D eigenvalue weighted by atomic mass is 10.00. The first-order valence-electron chi connectivity index (χ1n) is 8.30. The number of aromatic nitrogens is 1. The molecule has 1 amide bonds. The molecule has 0 spiro atoms. The van der Waals surface area contributed by atoms with Crippen LogP contribution in [0.15, 0.2) is 24.3 Å². The predicted octanol–water partition coefficient (Wildman–Crippen LogP) is 3.40. The smallest absolute Gasteiger partial charge is 0.355 e. The van der Waals surface area contributed by atoms with Gasteiger partial charge in [-0.3, -0.25) is 4.79 Å². The van der Waals surface area contributed by atoms with Crippen LogP contribution < -0.4 is 4.90 Å². The van der Waals surface area contributed by atoms with Crippen LogP contribution in [-0.2, 0) is 11.2 Å². The number of nitrogens with one attached hydrogen (secondary N) is 1. The van der Waals surface area contributed by atoms with E-state index in [4.69, 9.17) is 4.74 Å². The number of benzene rings is 1. The Balaban J connectivity index is 1.99. The first-order chi connectivity index (χ1) is 11.5. The number of carbonyl (C=O) groups excluding carboxylic acids is 2. The topological polar surface area (TPSA) is 62.4 Å². The van der Waals surface area contributed by atoms with Gasteiger partial charge in [0.1, 0.15) is 5.69 Å². The summed E-state index contributed by atoms with van der Waals surface area (Å²) in [5, 5.41) is 0. The molecule has 0 saturated heterocycles. The quantitative estimate of drug-likeness (QED) is 0.879. The number of H-pyrrole nitrogens is 1. The van der Waals surface area contributed by atoms with Crippen molar-refractivity contribution in [2.45, 2.75) is 33.6 Å². The van der Waals surface area contributed by atoms with E-state index in [-0.39, 0.29) is 5.91 Å². The van der Waals surface area contributed by atoms with Gasteiger partial charge < -0.3 is 14.6 Å². The summed E-state index contributed by atoms with van der Waals surface area (Å²) in [6.45, 7) is 6.37. The molecule has 0 atom stereocenters. The Morgan fingerprint density at radius 2 is 2.00 bits per heavy atom. The summed E-state index contributed by atoms with van der Waals surface area (Å²) < 4.78 is 5.06. The summed E-state index contributed by atoms with van der Waals surface area (Å²) in [4.78, 5) is 30.0. The molecule has 0 aliphatic carbocycles. The summed E-state index contributed by atoms with van der Waals surface area (Å²) >= 11 is 0. The lowest BCUT2D eigenvalue weighted by Crippen LogP contribution is -2.36. The van der Waals surface area contributed by atoms with Crippen molar-refractivity contribution in [3.63, 3.8) is 0 Å². The number of hydrogen-bond donors (Lipinski definition) is 1. The van der Waals surface area contributed by atoms with Crippen molar-refractivity contribution in [2.24, 2.45) is 0 Å². The zero-order chi connectivity index (χ0) is 17.3. The zero-order valence-electron chi connectivity index (χ0n) is 14.3. The van der Waals surface area contributed by atoms with Crippen LogP contribution in [0.4, 0.5) is 5.69 Å². The van der Waals surface area contributed by atoms with E-state index in [1.54, 1.807) is 13.8 Å². The van der Waals surface area contributed by atoms with Crippen LogP contribution in [-0.4, -0.2) is 30.0 Å². The number of rotatable bonds is 3. The highest BCUT2D eigenvalue weighted by Crippen LogP contribution is 2.30. The molecular formula is C19H22N2O3. The summed E-state index contributed by atoms with van der Waals surface area (Å²) in [6.07, 6.45) is 1.93. The highest BCUT2D eigenvalue weighted by Gasteiger charge is 2.29. The molecule has 0 unspecified atom stereocenters. The van der Waals surface area contributed by atoms with Crippen LogP contribution in [0.5, 0.6) is 0 Å². The number of ether oxygens (including phenoxy) is 1. The Morgan fingerprint density at radius 3 is 2.75 bits per heavy atom. The van der Waals surface area contributed by atoms with Gasteiger partial charge in [-0.2, -0.15) is 0 Å². The molecule has 1 N–H and O–H groups in total. The fourth-order valence-electron chi connectivity index (χ4n) is 3.36. The van der Waals surface area contributed by atoms with Crippen molar-refractivity contribution >= 4 is 17.6 Å². The van der Waals surface area contributed by atoms with Crippen LogP contribution >= 0.6 is 0 Å². The minimum absolute atomic E-state index is 0.0658. The van der Waals surface area contributed by atoms with Crippen molar-refractivity contribution < 1.29 is 14.3 Å². The van der Waals surface area contributed by atoms with Crippen molar-refractivity contribution in [1.82, 2.24) is 4.98 Å².